The fraction of sp³-hybridized carbons (Fsp3) is 0.292. The Morgan fingerprint density at radius 1 is 1.09 bits per heavy atom. The van der Waals surface area contributed by atoms with Crippen molar-refractivity contribution in [3.63, 3.8) is 0 Å². The maximum absolute atomic E-state index is 12.7. The molecule has 0 aliphatic heterocycles. The van der Waals surface area contributed by atoms with Crippen molar-refractivity contribution in [1.82, 2.24) is 15.1 Å². The van der Waals surface area contributed by atoms with Crippen molar-refractivity contribution in [1.29, 1.82) is 0 Å². The summed E-state index contributed by atoms with van der Waals surface area (Å²) in [4.78, 5) is 25.1. The molecule has 2 N–H and O–H groups in total. The first-order valence-electron chi connectivity index (χ1n) is 10.6. The van der Waals surface area contributed by atoms with Gasteiger partial charge in [0.25, 0.3) is 11.8 Å². The van der Waals surface area contributed by atoms with Gasteiger partial charge in [-0.05, 0) is 55.7 Å². The molecule has 1 aromatic heterocycles. The van der Waals surface area contributed by atoms with Crippen LogP contribution in [0, 0.1) is 6.92 Å². The second-order valence-corrected chi connectivity index (χ2v) is 7.78. The van der Waals surface area contributed by atoms with Crippen molar-refractivity contribution in [3.8, 4) is 5.75 Å². The Bertz CT molecular complexity index is 1090. The number of anilines is 1. The Morgan fingerprint density at radius 3 is 2.53 bits per heavy atom. The highest BCUT2D eigenvalue weighted by Crippen LogP contribution is 2.26. The molecule has 0 atom stereocenters. The van der Waals surface area contributed by atoms with Gasteiger partial charge >= 0.3 is 0 Å². The number of benzene rings is 2. The minimum atomic E-state index is -0.320. The molecule has 8 heteroatoms. The zero-order valence-corrected chi connectivity index (χ0v) is 19.2. The maximum atomic E-state index is 12.7. The number of carbonyl (C=O) groups excluding carboxylic acids is 2. The first-order valence-corrected chi connectivity index (χ1v) is 10.9. The van der Waals surface area contributed by atoms with Gasteiger partial charge in [-0.2, -0.15) is 5.10 Å². The molecule has 32 heavy (non-hydrogen) atoms. The molecular formula is C24H27ClN4O3. The third-order valence-electron chi connectivity index (χ3n) is 4.78. The summed E-state index contributed by atoms with van der Waals surface area (Å²) in [6.45, 7) is 7.32. The van der Waals surface area contributed by atoms with E-state index >= 15 is 0 Å². The van der Waals surface area contributed by atoms with Gasteiger partial charge < -0.3 is 15.4 Å². The molecule has 168 valence electrons. The van der Waals surface area contributed by atoms with E-state index in [1.807, 2.05) is 45.0 Å². The van der Waals surface area contributed by atoms with Gasteiger partial charge in [0.1, 0.15) is 12.4 Å². The SMILES string of the molecule is CCCNC(=O)c1nn(CC)cc1NC(=O)c1ccc(COc2cc(C)ccc2Cl)cc1. The normalized spacial score (nSPS) is 10.6. The lowest BCUT2D eigenvalue weighted by molar-refractivity contribution is 0.0948. The monoisotopic (exact) mass is 454 g/mol. The van der Waals surface area contributed by atoms with Crippen molar-refractivity contribution in [2.75, 3.05) is 11.9 Å². The maximum Gasteiger partial charge on any atom is 0.273 e. The topological polar surface area (TPSA) is 85.3 Å². The molecule has 0 fully saturated rings. The number of ether oxygens (including phenoxy) is 1. The van der Waals surface area contributed by atoms with Crippen molar-refractivity contribution in [2.45, 2.75) is 40.3 Å². The zero-order valence-electron chi connectivity index (χ0n) is 18.4. The summed E-state index contributed by atoms with van der Waals surface area (Å²) in [5, 5.41) is 10.4. The van der Waals surface area contributed by atoms with E-state index in [-0.39, 0.29) is 17.5 Å². The lowest BCUT2D eigenvalue weighted by atomic mass is 10.1. The summed E-state index contributed by atoms with van der Waals surface area (Å²) in [6, 6.07) is 12.7. The van der Waals surface area contributed by atoms with Crippen LogP contribution in [0.25, 0.3) is 0 Å². The van der Waals surface area contributed by atoms with Crippen LogP contribution in [-0.2, 0) is 13.2 Å². The Hall–Kier alpha value is -3.32. The van der Waals surface area contributed by atoms with Crippen LogP contribution in [0.3, 0.4) is 0 Å². The lowest BCUT2D eigenvalue weighted by Crippen LogP contribution is -2.26. The van der Waals surface area contributed by atoms with E-state index in [4.69, 9.17) is 16.3 Å². The van der Waals surface area contributed by atoms with Crippen LogP contribution in [0.1, 0.15) is 52.2 Å². The van der Waals surface area contributed by atoms with Crippen molar-refractivity contribution in [2.24, 2.45) is 0 Å². The highest BCUT2D eigenvalue weighted by atomic mass is 35.5. The average molecular weight is 455 g/mol. The quantitative estimate of drug-likeness (QED) is 0.484. The van der Waals surface area contributed by atoms with Crippen LogP contribution in [0.2, 0.25) is 5.02 Å². The van der Waals surface area contributed by atoms with Crippen LogP contribution in [0.5, 0.6) is 5.75 Å². The molecule has 0 saturated carbocycles. The minimum Gasteiger partial charge on any atom is -0.487 e. The Morgan fingerprint density at radius 2 is 1.84 bits per heavy atom. The average Bonchev–Trinajstić information content (AvgIpc) is 3.21. The molecule has 1 heterocycles. The highest BCUT2D eigenvalue weighted by molar-refractivity contribution is 6.32. The summed E-state index contributed by atoms with van der Waals surface area (Å²) in [7, 11) is 0. The van der Waals surface area contributed by atoms with Crippen molar-refractivity contribution >= 4 is 29.1 Å². The van der Waals surface area contributed by atoms with E-state index in [2.05, 4.69) is 15.7 Å². The van der Waals surface area contributed by atoms with E-state index in [0.717, 1.165) is 17.5 Å². The number of aryl methyl sites for hydroxylation is 2. The molecule has 0 aliphatic carbocycles. The third kappa shape index (κ3) is 5.88. The van der Waals surface area contributed by atoms with Crippen LogP contribution in [-0.4, -0.2) is 28.1 Å². The van der Waals surface area contributed by atoms with E-state index in [9.17, 15) is 9.59 Å². The molecule has 0 bridgehead atoms. The molecule has 3 aromatic rings. The lowest BCUT2D eigenvalue weighted by Gasteiger charge is -2.10. The fourth-order valence-corrected chi connectivity index (χ4v) is 3.17. The van der Waals surface area contributed by atoms with Crippen LogP contribution < -0.4 is 15.4 Å². The van der Waals surface area contributed by atoms with Gasteiger partial charge in [0.2, 0.25) is 0 Å². The number of carbonyl (C=O) groups is 2. The van der Waals surface area contributed by atoms with Crippen LogP contribution >= 0.6 is 11.6 Å². The highest BCUT2D eigenvalue weighted by Gasteiger charge is 2.18. The summed E-state index contributed by atoms with van der Waals surface area (Å²) in [6.07, 6.45) is 2.47. The van der Waals surface area contributed by atoms with E-state index in [0.29, 0.717) is 41.7 Å². The molecule has 0 spiro atoms. The van der Waals surface area contributed by atoms with Gasteiger partial charge in [-0.3, -0.25) is 14.3 Å². The van der Waals surface area contributed by atoms with E-state index in [1.165, 1.54) is 0 Å². The molecule has 2 aromatic carbocycles. The first-order chi connectivity index (χ1) is 15.4. The van der Waals surface area contributed by atoms with E-state index in [1.54, 1.807) is 29.1 Å². The largest absolute Gasteiger partial charge is 0.487 e. The number of hydrogen-bond acceptors (Lipinski definition) is 4. The summed E-state index contributed by atoms with van der Waals surface area (Å²) in [5.41, 5.74) is 3.01. The van der Waals surface area contributed by atoms with Gasteiger partial charge in [0.05, 0.1) is 10.7 Å². The second kappa shape index (κ2) is 10.8. The summed E-state index contributed by atoms with van der Waals surface area (Å²) in [5.74, 6) is -0.00801. The van der Waals surface area contributed by atoms with Gasteiger partial charge in [-0.25, -0.2) is 0 Å². The number of hydrogen-bond donors (Lipinski definition) is 2. The molecule has 0 saturated heterocycles. The first kappa shape index (κ1) is 23.3. The summed E-state index contributed by atoms with van der Waals surface area (Å²) < 4.78 is 7.42. The molecule has 0 radical (unpaired) electrons. The smallest absolute Gasteiger partial charge is 0.273 e. The Balaban J connectivity index is 1.66. The number of nitrogens with one attached hydrogen (secondary N) is 2. The molecule has 2 amide bonds. The van der Waals surface area contributed by atoms with Crippen molar-refractivity contribution in [3.05, 3.63) is 76.1 Å². The van der Waals surface area contributed by atoms with Gasteiger partial charge in [0.15, 0.2) is 5.69 Å². The molecular weight excluding hydrogens is 428 g/mol. The van der Waals surface area contributed by atoms with Crippen molar-refractivity contribution < 1.29 is 14.3 Å². The van der Waals surface area contributed by atoms with E-state index < -0.39 is 0 Å². The predicted molar refractivity (Wildman–Crippen MR) is 125 cm³/mol. The summed E-state index contributed by atoms with van der Waals surface area (Å²) >= 11 is 6.17. The third-order valence-corrected chi connectivity index (χ3v) is 5.09. The fourth-order valence-electron chi connectivity index (χ4n) is 2.99. The number of halogens is 1. The van der Waals surface area contributed by atoms with Crippen LogP contribution in [0.15, 0.2) is 48.7 Å². The van der Waals surface area contributed by atoms with Gasteiger partial charge in [-0.1, -0.05) is 36.7 Å². The second-order valence-electron chi connectivity index (χ2n) is 7.38. The Labute approximate surface area is 192 Å². The van der Waals surface area contributed by atoms with Crippen LogP contribution in [0.4, 0.5) is 5.69 Å². The minimum absolute atomic E-state index is 0.203. The van der Waals surface area contributed by atoms with Gasteiger partial charge in [-0.15, -0.1) is 0 Å². The van der Waals surface area contributed by atoms with Gasteiger partial charge in [0, 0.05) is 24.8 Å². The molecule has 7 nitrogen and oxygen atoms in total. The number of aromatic nitrogens is 2. The number of rotatable bonds is 9. The zero-order chi connectivity index (χ0) is 23.1. The standard InChI is InChI=1S/C24H27ClN4O3/c1-4-12-26-24(31)22-20(14-29(5-2)28-22)27-23(30)18-9-7-17(8-10-18)15-32-21-13-16(3)6-11-19(21)25/h6-11,13-14H,4-5,12,15H2,1-3H3,(H,26,31)(H,27,30). The molecule has 0 unspecified atom stereocenters. The number of nitrogens with zero attached hydrogens (tertiary/aromatic N) is 2. The molecule has 0 aliphatic rings. The molecule has 3 rings (SSSR count). The number of amides is 2. The Kier molecular flexibility index (Phi) is 7.89. The predicted octanol–water partition coefficient (Wildman–Crippen LogP) is 4.84.